The molecule has 1 aromatic carbocycles. The van der Waals surface area contributed by atoms with Crippen molar-refractivity contribution in [2.24, 2.45) is 0 Å². The molecule has 1 aromatic heterocycles. The zero-order chi connectivity index (χ0) is 23.7. The van der Waals surface area contributed by atoms with Crippen molar-refractivity contribution in [3.05, 3.63) is 35.4 Å². The van der Waals surface area contributed by atoms with Crippen LogP contribution in [0.2, 0.25) is 0 Å². The van der Waals surface area contributed by atoms with Crippen LogP contribution >= 0.6 is 11.8 Å². The maximum Gasteiger partial charge on any atom is 0.416 e. The largest absolute Gasteiger partial charge is 0.459 e. The Balaban J connectivity index is 1.95. The number of ether oxygens (including phenoxy) is 1. The van der Waals surface area contributed by atoms with Gasteiger partial charge in [0.1, 0.15) is 22.8 Å². The molecule has 1 amide bonds. The summed E-state index contributed by atoms with van der Waals surface area (Å²) >= 11 is 1.14. The fraction of sp³-hybridized carbons (Fsp3) is 0.316. The maximum absolute atomic E-state index is 13.1. The lowest BCUT2D eigenvalue weighted by Crippen LogP contribution is -2.42. The number of nitrogen functional groups attached to an aromatic ring is 1. The molecule has 32 heavy (non-hydrogen) atoms. The summed E-state index contributed by atoms with van der Waals surface area (Å²) < 4.78 is 44.1. The maximum atomic E-state index is 13.1. The second-order valence-corrected chi connectivity index (χ2v) is 7.65. The highest BCUT2D eigenvalue weighted by Gasteiger charge is 2.64. The van der Waals surface area contributed by atoms with Crippen LogP contribution in [-0.4, -0.2) is 39.7 Å². The Kier molecular flexibility index (Phi) is 6.18. The number of carbonyl (C=O) groups is 2. The molecule has 1 aliphatic rings. The smallest absolute Gasteiger partial charge is 0.416 e. The van der Waals surface area contributed by atoms with Gasteiger partial charge in [0.25, 0.3) is 5.91 Å². The van der Waals surface area contributed by atoms with Crippen LogP contribution in [0.3, 0.4) is 0 Å². The number of anilines is 3. The number of nitrogens with zero attached hydrogens (tertiary/aromatic N) is 3. The van der Waals surface area contributed by atoms with E-state index in [4.69, 9.17) is 10.5 Å². The number of aromatic nitrogens is 2. The monoisotopic (exact) mass is 466 g/mol. The van der Waals surface area contributed by atoms with Crippen molar-refractivity contribution in [2.75, 3.05) is 22.6 Å². The zero-order valence-corrected chi connectivity index (χ0v) is 17.6. The van der Waals surface area contributed by atoms with Crippen molar-refractivity contribution in [1.29, 1.82) is 5.26 Å². The second kappa shape index (κ2) is 8.54. The van der Waals surface area contributed by atoms with E-state index in [1.54, 1.807) is 6.26 Å². The number of rotatable bonds is 6. The van der Waals surface area contributed by atoms with Gasteiger partial charge in [0.05, 0.1) is 5.56 Å². The fourth-order valence-corrected chi connectivity index (χ4v) is 3.56. The van der Waals surface area contributed by atoms with Crippen LogP contribution in [0.25, 0.3) is 0 Å². The van der Waals surface area contributed by atoms with Crippen molar-refractivity contribution >= 4 is 41.1 Å². The van der Waals surface area contributed by atoms with Gasteiger partial charge in [-0.3, -0.25) is 9.59 Å². The molecule has 2 aromatic rings. The molecule has 168 valence electrons. The quantitative estimate of drug-likeness (QED) is 0.333. The molecule has 0 aliphatic heterocycles. The van der Waals surface area contributed by atoms with Crippen LogP contribution in [0.1, 0.15) is 24.5 Å². The van der Waals surface area contributed by atoms with Crippen LogP contribution < -0.4 is 16.4 Å². The van der Waals surface area contributed by atoms with Crippen molar-refractivity contribution in [2.45, 2.75) is 36.2 Å². The summed E-state index contributed by atoms with van der Waals surface area (Å²) in [5.74, 6) is -1.64. The van der Waals surface area contributed by atoms with E-state index in [9.17, 15) is 28.0 Å². The van der Waals surface area contributed by atoms with Gasteiger partial charge in [-0.05, 0) is 24.5 Å². The summed E-state index contributed by atoms with van der Waals surface area (Å²) in [4.78, 5) is 32.5. The Labute approximate surface area is 184 Å². The number of esters is 1. The number of hydrogen-bond acceptors (Lipinski definition) is 9. The van der Waals surface area contributed by atoms with E-state index in [1.807, 2.05) is 6.07 Å². The van der Waals surface area contributed by atoms with Gasteiger partial charge in [0, 0.05) is 19.0 Å². The summed E-state index contributed by atoms with van der Waals surface area (Å²) in [7, 11) is 0. The molecule has 1 fully saturated rings. The first-order valence-corrected chi connectivity index (χ1v) is 10.3. The third-order valence-electron chi connectivity index (χ3n) is 4.60. The topological polar surface area (TPSA) is 143 Å². The molecule has 4 N–H and O–H groups in total. The minimum absolute atomic E-state index is 0.000746. The van der Waals surface area contributed by atoms with E-state index >= 15 is 0 Å². The van der Waals surface area contributed by atoms with E-state index in [-0.39, 0.29) is 34.5 Å². The second-order valence-electron chi connectivity index (χ2n) is 6.86. The SMILES string of the molecule is CSc1nc(N)nc(NC2(C(=O)Nc3cccc(C(F)(F)F)c3)C[C@H]2OC(C)=O)c1C#N. The molecule has 1 aliphatic carbocycles. The molecule has 9 nitrogen and oxygen atoms in total. The highest BCUT2D eigenvalue weighted by Crippen LogP contribution is 2.44. The lowest BCUT2D eigenvalue weighted by molar-refractivity contribution is -0.143. The standard InChI is InChI=1S/C19H17F3N6O3S/c1-9(29)31-13-7-18(13,28-14-12(8-23)15(32-2)27-17(24)26-14)16(30)25-11-5-3-4-10(6-11)19(20,21)22/h3-6,13H,7H2,1-2H3,(H,25,30)(H3,24,26,27,28)/t13-,18?/m1/s1. The molecule has 3 rings (SSSR count). The van der Waals surface area contributed by atoms with E-state index in [2.05, 4.69) is 20.6 Å². The lowest BCUT2D eigenvalue weighted by atomic mass is 10.1. The van der Waals surface area contributed by atoms with E-state index < -0.39 is 35.3 Å². The first kappa shape index (κ1) is 23.1. The Morgan fingerprint density at radius 2 is 2.09 bits per heavy atom. The Hall–Kier alpha value is -3.53. The van der Waals surface area contributed by atoms with Gasteiger partial charge in [0.2, 0.25) is 5.95 Å². The van der Waals surface area contributed by atoms with Crippen molar-refractivity contribution in [3.63, 3.8) is 0 Å². The van der Waals surface area contributed by atoms with Gasteiger partial charge in [-0.25, -0.2) is 4.98 Å². The molecule has 0 bridgehead atoms. The number of benzene rings is 1. The number of nitrogens with two attached hydrogens (primary N) is 1. The normalized spacial score (nSPS) is 19.6. The van der Waals surface area contributed by atoms with Gasteiger partial charge in [0.15, 0.2) is 11.4 Å². The van der Waals surface area contributed by atoms with E-state index in [0.717, 1.165) is 36.9 Å². The van der Waals surface area contributed by atoms with Crippen molar-refractivity contribution < 1.29 is 27.5 Å². The highest BCUT2D eigenvalue weighted by molar-refractivity contribution is 7.98. The number of halogens is 3. The average molecular weight is 466 g/mol. The first-order chi connectivity index (χ1) is 15.0. The fourth-order valence-electron chi connectivity index (χ4n) is 3.03. The Bertz CT molecular complexity index is 1120. The molecular weight excluding hydrogens is 449 g/mol. The summed E-state index contributed by atoms with van der Waals surface area (Å²) in [6.07, 6.45) is -3.86. The number of nitrogens with one attached hydrogen (secondary N) is 2. The van der Waals surface area contributed by atoms with Crippen molar-refractivity contribution in [3.8, 4) is 6.07 Å². The molecule has 1 saturated carbocycles. The number of amides is 1. The third-order valence-corrected chi connectivity index (χ3v) is 5.28. The molecule has 0 radical (unpaired) electrons. The number of hydrogen-bond donors (Lipinski definition) is 3. The van der Waals surface area contributed by atoms with E-state index in [0.29, 0.717) is 0 Å². The van der Waals surface area contributed by atoms with Gasteiger partial charge in [-0.1, -0.05) is 6.07 Å². The molecular formula is C19H17F3N6O3S. The molecule has 1 heterocycles. The van der Waals surface area contributed by atoms with Crippen molar-refractivity contribution in [1.82, 2.24) is 9.97 Å². The van der Waals surface area contributed by atoms with Crippen LogP contribution in [-0.2, 0) is 20.5 Å². The average Bonchev–Trinajstić information content (AvgIpc) is 3.39. The first-order valence-electron chi connectivity index (χ1n) is 9.06. The van der Waals surface area contributed by atoms with Crippen LogP contribution in [0.4, 0.5) is 30.6 Å². The van der Waals surface area contributed by atoms with Gasteiger partial charge in [-0.2, -0.15) is 23.4 Å². The summed E-state index contributed by atoms with van der Waals surface area (Å²) in [6.45, 7) is 1.16. The summed E-state index contributed by atoms with van der Waals surface area (Å²) in [6, 6.07) is 6.03. The zero-order valence-electron chi connectivity index (χ0n) is 16.8. The number of nitriles is 1. The lowest BCUT2D eigenvalue weighted by Gasteiger charge is -2.21. The van der Waals surface area contributed by atoms with Gasteiger partial charge < -0.3 is 21.1 Å². The number of thioether (sulfide) groups is 1. The van der Waals surface area contributed by atoms with Crippen LogP contribution in [0.15, 0.2) is 29.3 Å². The predicted molar refractivity (Wildman–Crippen MR) is 110 cm³/mol. The van der Waals surface area contributed by atoms with Gasteiger partial charge >= 0.3 is 12.1 Å². The molecule has 1 unspecified atom stereocenters. The van der Waals surface area contributed by atoms with Crippen LogP contribution in [0, 0.1) is 11.3 Å². The van der Waals surface area contributed by atoms with Crippen LogP contribution in [0.5, 0.6) is 0 Å². The molecule has 0 saturated heterocycles. The summed E-state index contributed by atoms with van der Waals surface area (Å²) in [5, 5.41) is 15.0. The Morgan fingerprint density at radius 1 is 1.38 bits per heavy atom. The Morgan fingerprint density at radius 3 is 2.69 bits per heavy atom. The minimum Gasteiger partial charge on any atom is -0.459 e. The van der Waals surface area contributed by atoms with E-state index in [1.165, 1.54) is 6.07 Å². The molecule has 0 spiro atoms. The van der Waals surface area contributed by atoms with Gasteiger partial charge in [-0.15, -0.1) is 11.8 Å². The minimum atomic E-state index is -4.59. The molecule has 13 heteroatoms. The third kappa shape index (κ3) is 4.70. The highest BCUT2D eigenvalue weighted by atomic mass is 32.2. The molecule has 2 atom stereocenters. The summed E-state index contributed by atoms with van der Waals surface area (Å²) in [5.41, 5.74) is 3.10. The number of carbonyl (C=O) groups excluding carboxylic acids is 2. The number of alkyl halides is 3. The predicted octanol–water partition coefficient (Wildman–Crippen LogP) is 2.80.